The number of rotatable bonds is 5. The van der Waals surface area contributed by atoms with E-state index in [0.717, 1.165) is 10.0 Å². The highest BCUT2D eigenvalue weighted by Gasteiger charge is 2.17. The highest BCUT2D eigenvalue weighted by Crippen LogP contribution is 2.19. The highest BCUT2D eigenvalue weighted by atomic mass is 79.9. The van der Waals surface area contributed by atoms with Gasteiger partial charge in [-0.15, -0.1) is 0 Å². The Morgan fingerprint density at radius 3 is 2.50 bits per heavy atom. The Kier molecular flexibility index (Phi) is 5.33. The first-order valence-electron chi connectivity index (χ1n) is 5.68. The van der Waals surface area contributed by atoms with Gasteiger partial charge in [-0.2, -0.15) is 0 Å². The van der Waals surface area contributed by atoms with Crippen molar-refractivity contribution >= 4 is 26.0 Å². The zero-order valence-electron chi connectivity index (χ0n) is 10.6. The van der Waals surface area contributed by atoms with Gasteiger partial charge in [0, 0.05) is 11.0 Å². The van der Waals surface area contributed by atoms with Crippen LogP contribution in [0, 0.1) is 12.8 Å². The molecule has 0 radical (unpaired) electrons. The molecule has 0 aliphatic carbocycles. The van der Waals surface area contributed by atoms with Gasteiger partial charge in [-0.25, -0.2) is 13.1 Å². The number of aliphatic hydroxyl groups excluding tert-OH is 1. The smallest absolute Gasteiger partial charge is 0.240 e. The third-order valence-corrected chi connectivity index (χ3v) is 5.00. The Morgan fingerprint density at radius 1 is 1.39 bits per heavy atom. The monoisotopic (exact) mass is 335 g/mol. The molecule has 0 saturated heterocycles. The van der Waals surface area contributed by atoms with Gasteiger partial charge in [0.25, 0.3) is 0 Å². The molecular formula is C12H18BrNO3S. The van der Waals surface area contributed by atoms with Crippen molar-refractivity contribution in [1.82, 2.24) is 4.72 Å². The Labute approximate surface area is 117 Å². The van der Waals surface area contributed by atoms with Crippen LogP contribution in [0.4, 0.5) is 0 Å². The molecule has 0 spiro atoms. The zero-order chi connectivity index (χ0) is 13.9. The molecule has 0 saturated carbocycles. The summed E-state index contributed by atoms with van der Waals surface area (Å²) in [4.78, 5) is 0.208. The van der Waals surface area contributed by atoms with Crippen molar-refractivity contribution in [2.75, 3.05) is 6.54 Å². The van der Waals surface area contributed by atoms with E-state index in [0.29, 0.717) is 0 Å². The van der Waals surface area contributed by atoms with Crippen molar-refractivity contribution in [2.24, 2.45) is 5.92 Å². The summed E-state index contributed by atoms with van der Waals surface area (Å²) in [5.74, 6) is 0.0133. The van der Waals surface area contributed by atoms with Gasteiger partial charge in [-0.05, 0) is 36.6 Å². The van der Waals surface area contributed by atoms with E-state index in [2.05, 4.69) is 20.7 Å². The first-order valence-corrected chi connectivity index (χ1v) is 7.95. The Morgan fingerprint density at radius 2 is 2.00 bits per heavy atom. The molecule has 4 nitrogen and oxygen atoms in total. The van der Waals surface area contributed by atoms with Crippen molar-refractivity contribution in [3.05, 3.63) is 28.2 Å². The summed E-state index contributed by atoms with van der Waals surface area (Å²) in [6.45, 7) is 5.52. The minimum absolute atomic E-state index is 0.0133. The number of benzene rings is 1. The van der Waals surface area contributed by atoms with Gasteiger partial charge in [0.1, 0.15) is 0 Å². The summed E-state index contributed by atoms with van der Waals surface area (Å²) in [5.41, 5.74) is 0.849. The molecule has 2 N–H and O–H groups in total. The minimum Gasteiger partial charge on any atom is -0.391 e. The molecule has 1 atom stereocenters. The number of nitrogens with one attached hydrogen (secondary N) is 1. The lowest BCUT2D eigenvalue weighted by Gasteiger charge is -2.15. The fourth-order valence-corrected chi connectivity index (χ4v) is 2.68. The first kappa shape index (κ1) is 15.6. The summed E-state index contributed by atoms with van der Waals surface area (Å²) >= 11 is 3.32. The second kappa shape index (κ2) is 6.14. The molecule has 0 bridgehead atoms. The molecule has 1 aromatic rings. The molecule has 0 aromatic heterocycles. The molecular weight excluding hydrogens is 318 g/mol. The normalized spacial score (nSPS) is 13.9. The van der Waals surface area contributed by atoms with E-state index in [-0.39, 0.29) is 17.4 Å². The van der Waals surface area contributed by atoms with E-state index in [4.69, 9.17) is 0 Å². The molecule has 102 valence electrons. The van der Waals surface area contributed by atoms with E-state index < -0.39 is 16.1 Å². The van der Waals surface area contributed by atoms with Gasteiger partial charge in [0.2, 0.25) is 10.0 Å². The predicted octanol–water partition coefficient (Wildman–Crippen LogP) is 2.05. The molecule has 0 aliphatic heterocycles. The molecule has 0 amide bonds. The number of halogens is 1. The molecule has 18 heavy (non-hydrogen) atoms. The van der Waals surface area contributed by atoms with E-state index in [1.165, 1.54) is 6.07 Å². The quantitative estimate of drug-likeness (QED) is 0.865. The van der Waals surface area contributed by atoms with E-state index in [1.54, 1.807) is 12.1 Å². The van der Waals surface area contributed by atoms with Gasteiger partial charge in [-0.1, -0.05) is 29.8 Å². The van der Waals surface area contributed by atoms with Gasteiger partial charge >= 0.3 is 0 Å². The Balaban J connectivity index is 2.83. The SMILES string of the molecule is Cc1cc(S(=O)(=O)NCC(O)C(C)C)ccc1Br. The van der Waals surface area contributed by atoms with Crippen LogP contribution in [-0.2, 0) is 10.0 Å². The van der Waals surface area contributed by atoms with Crippen LogP contribution < -0.4 is 4.72 Å². The standard InChI is InChI=1S/C12H18BrNO3S/c1-8(2)12(15)7-14-18(16,17)10-4-5-11(13)9(3)6-10/h4-6,8,12,14-15H,7H2,1-3H3. The Bertz CT molecular complexity index is 514. The number of hydrogen-bond acceptors (Lipinski definition) is 3. The zero-order valence-corrected chi connectivity index (χ0v) is 13.0. The fraction of sp³-hybridized carbons (Fsp3) is 0.500. The maximum absolute atomic E-state index is 12.0. The van der Waals surface area contributed by atoms with Crippen LogP contribution in [0.25, 0.3) is 0 Å². The largest absolute Gasteiger partial charge is 0.391 e. The highest BCUT2D eigenvalue weighted by molar-refractivity contribution is 9.10. The molecule has 1 unspecified atom stereocenters. The van der Waals surface area contributed by atoms with Crippen molar-refractivity contribution in [1.29, 1.82) is 0 Å². The van der Waals surface area contributed by atoms with Gasteiger partial charge < -0.3 is 5.11 Å². The average molecular weight is 336 g/mol. The van der Waals surface area contributed by atoms with Crippen LogP contribution in [0.2, 0.25) is 0 Å². The van der Waals surface area contributed by atoms with Gasteiger partial charge in [-0.3, -0.25) is 0 Å². The van der Waals surface area contributed by atoms with Crippen molar-refractivity contribution < 1.29 is 13.5 Å². The summed E-state index contributed by atoms with van der Waals surface area (Å²) < 4.78 is 27.2. The molecule has 0 aliphatic rings. The molecule has 6 heteroatoms. The third kappa shape index (κ3) is 4.05. The second-order valence-corrected chi connectivity index (χ2v) is 7.20. The van der Waals surface area contributed by atoms with Crippen LogP contribution in [0.15, 0.2) is 27.6 Å². The molecule has 0 heterocycles. The number of aryl methyl sites for hydroxylation is 1. The number of hydrogen-bond donors (Lipinski definition) is 2. The number of sulfonamides is 1. The third-order valence-electron chi connectivity index (χ3n) is 2.69. The maximum Gasteiger partial charge on any atom is 0.240 e. The van der Waals surface area contributed by atoms with Crippen molar-refractivity contribution in [2.45, 2.75) is 31.8 Å². The van der Waals surface area contributed by atoms with Crippen molar-refractivity contribution in [3.63, 3.8) is 0 Å². The van der Waals surface area contributed by atoms with Crippen LogP contribution in [-0.4, -0.2) is 26.2 Å². The second-order valence-electron chi connectivity index (χ2n) is 4.57. The lowest BCUT2D eigenvalue weighted by atomic mass is 10.1. The van der Waals surface area contributed by atoms with Crippen molar-refractivity contribution in [3.8, 4) is 0 Å². The van der Waals surface area contributed by atoms with Crippen LogP contribution >= 0.6 is 15.9 Å². The first-order chi connectivity index (χ1) is 8.24. The average Bonchev–Trinajstić information content (AvgIpc) is 2.29. The van der Waals surface area contributed by atoms with Crippen LogP contribution in [0.5, 0.6) is 0 Å². The summed E-state index contributed by atoms with van der Waals surface area (Å²) in [6.07, 6.45) is -0.684. The van der Waals surface area contributed by atoms with Crippen LogP contribution in [0.3, 0.4) is 0 Å². The van der Waals surface area contributed by atoms with Gasteiger partial charge in [0.15, 0.2) is 0 Å². The fourth-order valence-electron chi connectivity index (χ4n) is 1.30. The maximum atomic E-state index is 12.0. The molecule has 1 aromatic carbocycles. The van der Waals surface area contributed by atoms with Crippen LogP contribution in [0.1, 0.15) is 19.4 Å². The summed E-state index contributed by atoms with van der Waals surface area (Å²) in [6, 6.07) is 4.82. The minimum atomic E-state index is -3.56. The lowest BCUT2D eigenvalue weighted by molar-refractivity contribution is 0.129. The summed E-state index contributed by atoms with van der Waals surface area (Å²) in [5, 5.41) is 9.60. The predicted molar refractivity (Wildman–Crippen MR) is 74.9 cm³/mol. The topological polar surface area (TPSA) is 66.4 Å². The molecule has 0 fully saturated rings. The van der Waals surface area contributed by atoms with E-state index in [1.807, 2.05) is 20.8 Å². The molecule has 1 rings (SSSR count). The lowest BCUT2D eigenvalue weighted by Crippen LogP contribution is -2.34. The Hall–Kier alpha value is -0.430. The number of aliphatic hydroxyl groups is 1. The summed E-state index contributed by atoms with van der Waals surface area (Å²) in [7, 11) is -3.56. The van der Waals surface area contributed by atoms with E-state index >= 15 is 0 Å². The van der Waals surface area contributed by atoms with Gasteiger partial charge in [0.05, 0.1) is 11.0 Å². The van der Waals surface area contributed by atoms with E-state index in [9.17, 15) is 13.5 Å².